The van der Waals surface area contributed by atoms with Crippen LogP contribution in [0.5, 0.6) is 0 Å². The normalized spacial score (nSPS) is 40.7. The maximum atomic E-state index is 5.83. The molecule has 0 aliphatic carbocycles. The van der Waals surface area contributed by atoms with Gasteiger partial charge in [-0.1, -0.05) is 0 Å². The number of nitrogens with zero attached hydrogens (tertiary/aromatic N) is 1. The van der Waals surface area contributed by atoms with Crippen molar-refractivity contribution in [2.24, 2.45) is 11.8 Å². The molecule has 4 unspecified atom stereocenters. The lowest BCUT2D eigenvalue weighted by molar-refractivity contribution is 0.0832. The number of hydrogen-bond acceptors (Lipinski definition) is 4. The van der Waals surface area contributed by atoms with Crippen molar-refractivity contribution in [2.45, 2.75) is 75.6 Å². The second kappa shape index (κ2) is 6.08. The molecule has 0 spiro atoms. The lowest BCUT2D eigenvalue weighted by atomic mass is 9.83. The van der Waals surface area contributed by atoms with Crippen LogP contribution in [0, 0.1) is 5.92 Å². The Morgan fingerprint density at radius 3 is 2.58 bits per heavy atom. The Labute approximate surface area is 117 Å². The average Bonchev–Trinajstić information content (AvgIpc) is 2.97. The first-order valence-corrected chi connectivity index (χ1v) is 8.07. The molecule has 0 aromatic heterocycles. The Morgan fingerprint density at radius 1 is 1.26 bits per heavy atom. The first kappa shape index (κ1) is 13.8. The largest absolute Gasteiger partial charge is 0.378 e. The fourth-order valence-electron chi connectivity index (χ4n) is 4.47. The van der Waals surface area contributed by atoms with E-state index in [0.29, 0.717) is 12.1 Å². The molecule has 19 heavy (non-hydrogen) atoms. The van der Waals surface area contributed by atoms with Gasteiger partial charge in [-0.15, -0.1) is 0 Å². The Bertz CT molecular complexity index is 279. The maximum Gasteiger partial charge on any atom is 0.0576 e. The van der Waals surface area contributed by atoms with Crippen LogP contribution in [0.2, 0.25) is 0 Å². The second-order valence-electron chi connectivity index (χ2n) is 6.77. The highest BCUT2D eigenvalue weighted by molar-refractivity contribution is 4.96. The molecular weight excluding hydrogens is 238 g/mol. The van der Waals surface area contributed by atoms with Crippen LogP contribution in [0.1, 0.15) is 51.4 Å². The third-order valence-electron chi connectivity index (χ3n) is 5.74. The van der Waals surface area contributed by atoms with Gasteiger partial charge in [-0.05, 0) is 64.3 Å². The van der Waals surface area contributed by atoms with Crippen molar-refractivity contribution >= 4 is 0 Å². The van der Waals surface area contributed by atoms with Gasteiger partial charge in [0.25, 0.3) is 0 Å². The summed E-state index contributed by atoms with van der Waals surface area (Å²) in [6.07, 6.45) is 10.8. The molecule has 110 valence electrons. The third-order valence-corrected chi connectivity index (χ3v) is 5.74. The van der Waals surface area contributed by atoms with Crippen LogP contribution >= 0.6 is 0 Å². The minimum atomic E-state index is 0.487. The minimum absolute atomic E-state index is 0.487. The molecule has 0 radical (unpaired) electrons. The summed E-state index contributed by atoms with van der Waals surface area (Å²) in [6.45, 7) is 0.962. The van der Waals surface area contributed by atoms with Gasteiger partial charge in [0.15, 0.2) is 0 Å². The molecule has 3 fully saturated rings. The zero-order chi connectivity index (χ0) is 13.2. The zero-order valence-electron chi connectivity index (χ0n) is 12.2. The van der Waals surface area contributed by atoms with Gasteiger partial charge in [-0.3, -0.25) is 11.3 Å². The first-order chi connectivity index (χ1) is 9.28. The van der Waals surface area contributed by atoms with Crippen molar-refractivity contribution in [3.05, 3.63) is 0 Å². The average molecular weight is 267 g/mol. The van der Waals surface area contributed by atoms with Gasteiger partial charge in [-0.2, -0.15) is 0 Å². The molecule has 3 aliphatic heterocycles. The van der Waals surface area contributed by atoms with Crippen molar-refractivity contribution in [1.29, 1.82) is 0 Å². The van der Waals surface area contributed by atoms with Gasteiger partial charge in [0.2, 0.25) is 0 Å². The molecule has 4 heteroatoms. The van der Waals surface area contributed by atoms with Crippen molar-refractivity contribution < 1.29 is 4.74 Å². The van der Waals surface area contributed by atoms with Crippen molar-refractivity contribution in [1.82, 2.24) is 10.3 Å². The molecule has 0 saturated carbocycles. The molecule has 0 aromatic carbocycles. The summed E-state index contributed by atoms with van der Waals surface area (Å²) in [5, 5.41) is 0. The van der Waals surface area contributed by atoms with Gasteiger partial charge in [0.1, 0.15) is 0 Å². The molecule has 0 amide bonds. The number of rotatable bonds is 5. The van der Waals surface area contributed by atoms with E-state index >= 15 is 0 Å². The number of ether oxygens (including phenoxy) is 1. The maximum absolute atomic E-state index is 5.83. The van der Waals surface area contributed by atoms with Crippen LogP contribution in [0.3, 0.4) is 0 Å². The monoisotopic (exact) mass is 267 g/mol. The topological polar surface area (TPSA) is 50.5 Å². The molecule has 0 aromatic rings. The van der Waals surface area contributed by atoms with E-state index in [-0.39, 0.29) is 0 Å². The number of hydrazine groups is 1. The summed E-state index contributed by atoms with van der Waals surface area (Å²) < 4.78 is 5.73. The highest BCUT2D eigenvalue weighted by atomic mass is 16.5. The smallest absolute Gasteiger partial charge is 0.0576 e. The summed E-state index contributed by atoms with van der Waals surface area (Å²) in [6, 6.07) is 2.10. The van der Waals surface area contributed by atoms with E-state index in [4.69, 9.17) is 10.6 Å². The van der Waals surface area contributed by atoms with Crippen LogP contribution < -0.4 is 11.3 Å². The molecule has 3 rings (SSSR count). The molecule has 3 saturated heterocycles. The fourth-order valence-corrected chi connectivity index (χ4v) is 4.47. The predicted octanol–water partition coefficient (Wildman–Crippen LogP) is 1.65. The standard InChI is InChI=1S/C15H29N3O/c1-18-12-4-5-13(18)10-11(9-12)15(17-16)7-6-14-3-2-8-19-14/h11-15,17H,2-10,16H2,1H3. The van der Waals surface area contributed by atoms with E-state index in [0.717, 1.165) is 24.6 Å². The molecule has 4 nitrogen and oxygen atoms in total. The summed E-state index contributed by atoms with van der Waals surface area (Å²) in [5.41, 5.74) is 3.11. The summed E-state index contributed by atoms with van der Waals surface area (Å²) >= 11 is 0. The van der Waals surface area contributed by atoms with Gasteiger partial charge in [0.05, 0.1) is 6.10 Å². The third kappa shape index (κ3) is 2.97. The zero-order valence-corrected chi connectivity index (χ0v) is 12.2. The van der Waals surface area contributed by atoms with E-state index in [1.54, 1.807) is 0 Å². The molecule has 3 aliphatic rings. The highest BCUT2D eigenvalue weighted by Gasteiger charge is 2.40. The number of hydrogen-bond donors (Lipinski definition) is 2. The molecule has 3 N–H and O–H groups in total. The lowest BCUT2D eigenvalue weighted by Crippen LogP contribution is -2.49. The summed E-state index contributed by atoms with van der Waals surface area (Å²) in [4.78, 5) is 2.60. The first-order valence-electron chi connectivity index (χ1n) is 8.07. The molecule has 2 bridgehead atoms. The number of fused-ring (bicyclic) bond motifs is 2. The van der Waals surface area contributed by atoms with Crippen molar-refractivity contribution in [3.63, 3.8) is 0 Å². The van der Waals surface area contributed by atoms with Gasteiger partial charge in [0, 0.05) is 24.7 Å². The Balaban J connectivity index is 1.51. The van der Waals surface area contributed by atoms with Crippen molar-refractivity contribution in [2.75, 3.05) is 13.7 Å². The van der Waals surface area contributed by atoms with Crippen LogP contribution in [0.15, 0.2) is 0 Å². The van der Waals surface area contributed by atoms with Crippen LogP contribution in [0.4, 0.5) is 0 Å². The summed E-state index contributed by atoms with van der Waals surface area (Å²) in [7, 11) is 2.30. The predicted molar refractivity (Wildman–Crippen MR) is 76.6 cm³/mol. The Morgan fingerprint density at radius 2 is 2.00 bits per heavy atom. The molecule has 4 atom stereocenters. The second-order valence-corrected chi connectivity index (χ2v) is 6.77. The van der Waals surface area contributed by atoms with E-state index in [9.17, 15) is 0 Å². The minimum Gasteiger partial charge on any atom is -0.378 e. The number of nitrogens with one attached hydrogen (secondary N) is 1. The van der Waals surface area contributed by atoms with Gasteiger partial charge >= 0.3 is 0 Å². The molecular formula is C15H29N3O. The van der Waals surface area contributed by atoms with Crippen LogP contribution in [0.25, 0.3) is 0 Å². The van der Waals surface area contributed by atoms with Crippen molar-refractivity contribution in [3.8, 4) is 0 Å². The van der Waals surface area contributed by atoms with Gasteiger partial charge < -0.3 is 9.64 Å². The quantitative estimate of drug-likeness (QED) is 0.587. The SMILES string of the molecule is CN1C2CCC1CC(C(CCC1CCCO1)NN)C2. The molecule has 3 heterocycles. The van der Waals surface area contributed by atoms with Gasteiger partial charge in [-0.25, -0.2) is 0 Å². The van der Waals surface area contributed by atoms with Crippen LogP contribution in [-0.2, 0) is 4.74 Å². The Kier molecular flexibility index (Phi) is 4.42. The lowest BCUT2D eigenvalue weighted by Gasteiger charge is -2.39. The van der Waals surface area contributed by atoms with Crippen LogP contribution in [-0.4, -0.2) is 42.8 Å². The van der Waals surface area contributed by atoms with E-state index in [2.05, 4.69) is 17.4 Å². The number of piperidine rings is 1. The number of nitrogens with two attached hydrogens (primary N) is 1. The Hall–Kier alpha value is -0.160. The highest BCUT2D eigenvalue weighted by Crippen LogP contribution is 2.39. The fraction of sp³-hybridized carbons (Fsp3) is 1.00. The van der Waals surface area contributed by atoms with E-state index < -0.39 is 0 Å². The van der Waals surface area contributed by atoms with E-state index in [1.165, 1.54) is 51.4 Å². The van der Waals surface area contributed by atoms with E-state index in [1.807, 2.05) is 0 Å². The summed E-state index contributed by atoms with van der Waals surface area (Å²) in [5.74, 6) is 6.59.